The Balaban J connectivity index is 1.70. The van der Waals surface area contributed by atoms with Crippen LogP contribution in [0.1, 0.15) is 0 Å². The molecular formula is C22H17Cl2F3N4OS. The predicted molar refractivity (Wildman–Crippen MR) is 125 cm³/mol. The summed E-state index contributed by atoms with van der Waals surface area (Å²) in [4.78, 5) is 3.84. The number of hydrogen-bond acceptors (Lipinski definition) is 4. The molecule has 0 bridgehead atoms. The van der Waals surface area contributed by atoms with Crippen molar-refractivity contribution in [2.45, 2.75) is 23.7 Å². The van der Waals surface area contributed by atoms with Crippen molar-refractivity contribution >= 4 is 51.2 Å². The Bertz CT molecular complexity index is 1260. The fourth-order valence-corrected chi connectivity index (χ4v) is 5.34. The monoisotopic (exact) mass is 512 g/mol. The molecule has 2 atom stereocenters. The third-order valence-electron chi connectivity index (χ3n) is 5.03. The van der Waals surface area contributed by atoms with Crippen molar-refractivity contribution < 1.29 is 17.7 Å². The molecule has 0 amide bonds. The summed E-state index contributed by atoms with van der Waals surface area (Å²) in [6, 6.07) is 11.1. The number of pyridine rings is 1. The second-order valence-electron chi connectivity index (χ2n) is 7.23. The number of rotatable bonds is 6. The summed E-state index contributed by atoms with van der Waals surface area (Å²) in [6.45, 7) is -0.522. The predicted octanol–water partition coefficient (Wildman–Crippen LogP) is 5.84. The van der Waals surface area contributed by atoms with Gasteiger partial charge in [-0.3, -0.25) is 4.98 Å². The van der Waals surface area contributed by atoms with Crippen LogP contribution < -0.4 is 10.5 Å². The number of nitrogens with two attached hydrogens (primary N) is 1. The Morgan fingerprint density at radius 3 is 2.48 bits per heavy atom. The van der Waals surface area contributed by atoms with Crippen molar-refractivity contribution in [3.63, 3.8) is 0 Å². The van der Waals surface area contributed by atoms with Crippen molar-refractivity contribution in [2.75, 3.05) is 5.73 Å². The lowest BCUT2D eigenvalue weighted by atomic mass is 10.1. The van der Waals surface area contributed by atoms with E-state index in [9.17, 15) is 17.7 Å². The van der Waals surface area contributed by atoms with E-state index >= 15 is 0 Å². The topological polar surface area (TPSA) is 78.9 Å². The number of nitrogen functional groups attached to an aromatic ring is 1. The molecule has 11 heteroatoms. The number of nitrogens with one attached hydrogen (secondary N) is 1. The van der Waals surface area contributed by atoms with E-state index in [0.717, 1.165) is 16.5 Å². The Morgan fingerprint density at radius 2 is 1.82 bits per heavy atom. The molecule has 2 heterocycles. The Morgan fingerprint density at radius 1 is 1.12 bits per heavy atom. The van der Waals surface area contributed by atoms with Crippen molar-refractivity contribution in [1.82, 2.24) is 14.3 Å². The SMILES string of the molecule is Nc1cc(Cl)cc(Cl)c1[S+]([O-])NC(Cn1cc(-c2ccncc2)c2ccccc21)C(F)(F)F. The van der Waals surface area contributed by atoms with Crippen LogP contribution in [0.15, 0.2) is 72.0 Å². The van der Waals surface area contributed by atoms with Crippen LogP contribution in [0.5, 0.6) is 0 Å². The van der Waals surface area contributed by atoms with Crippen LogP contribution in [0.25, 0.3) is 22.0 Å². The first-order valence-electron chi connectivity index (χ1n) is 9.62. The summed E-state index contributed by atoms with van der Waals surface area (Å²) in [5.74, 6) is 0. The summed E-state index contributed by atoms with van der Waals surface area (Å²) < 4.78 is 58.4. The number of halogens is 5. The lowest BCUT2D eigenvalue weighted by Crippen LogP contribution is -2.48. The number of alkyl halides is 3. The van der Waals surface area contributed by atoms with Gasteiger partial charge in [0.15, 0.2) is 6.04 Å². The van der Waals surface area contributed by atoms with Gasteiger partial charge in [0.25, 0.3) is 0 Å². The van der Waals surface area contributed by atoms with E-state index in [1.807, 2.05) is 12.1 Å². The van der Waals surface area contributed by atoms with Gasteiger partial charge < -0.3 is 14.9 Å². The molecular weight excluding hydrogens is 496 g/mol. The highest BCUT2D eigenvalue weighted by atomic mass is 35.5. The number of benzene rings is 2. The molecule has 0 aliphatic rings. The minimum absolute atomic E-state index is 0.0642. The molecule has 0 aliphatic carbocycles. The molecule has 33 heavy (non-hydrogen) atoms. The lowest BCUT2D eigenvalue weighted by Gasteiger charge is -2.24. The molecule has 2 aromatic heterocycles. The maximum atomic E-state index is 14.0. The number of aromatic nitrogens is 2. The fourth-order valence-electron chi connectivity index (χ4n) is 3.53. The largest absolute Gasteiger partial charge is 0.593 e. The van der Waals surface area contributed by atoms with E-state index in [2.05, 4.69) is 9.71 Å². The molecule has 0 fully saturated rings. The average Bonchev–Trinajstić information content (AvgIpc) is 3.11. The number of anilines is 1. The van der Waals surface area contributed by atoms with Crippen molar-refractivity contribution in [3.8, 4) is 11.1 Å². The van der Waals surface area contributed by atoms with Gasteiger partial charge >= 0.3 is 6.18 Å². The van der Waals surface area contributed by atoms with Crippen molar-refractivity contribution in [1.29, 1.82) is 0 Å². The van der Waals surface area contributed by atoms with Gasteiger partial charge in [-0.05, 0) is 35.9 Å². The molecule has 4 aromatic rings. The van der Waals surface area contributed by atoms with Crippen LogP contribution in [0.4, 0.5) is 18.9 Å². The Hall–Kier alpha value is -2.43. The first kappa shape index (κ1) is 23.7. The van der Waals surface area contributed by atoms with Crippen LogP contribution in [-0.4, -0.2) is 26.3 Å². The molecule has 4 rings (SSSR count). The standard InChI is InChI=1S/C22H17Cl2F3N4OS/c23-14-9-17(24)21(18(28)10-14)33(32)30-20(22(25,26)27)12-31-11-16(13-5-7-29-8-6-13)15-3-1-2-4-19(15)31/h1-11,20,30H,12,28H2. The second kappa shape index (κ2) is 9.44. The summed E-state index contributed by atoms with van der Waals surface area (Å²) in [5.41, 5.74) is 7.94. The van der Waals surface area contributed by atoms with Crippen LogP contribution in [0, 0.1) is 0 Å². The summed E-state index contributed by atoms with van der Waals surface area (Å²) in [5, 5.41) is 0.891. The van der Waals surface area contributed by atoms with Crippen LogP contribution in [0.3, 0.4) is 0 Å². The lowest BCUT2D eigenvalue weighted by molar-refractivity contribution is -0.153. The normalized spacial score (nSPS) is 13.9. The van der Waals surface area contributed by atoms with E-state index < -0.39 is 30.1 Å². The second-order valence-corrected chi connectivity index (χ2v) is 9.26. The Labute approximate surface area is 200 Å². The quantitative estimate of drug-likeness (QED) is 0.251. The third kappa shape index (κ3) is 5.07. The van der Waals surface area contributed by atoms with Gasteiger partial charge in [-0.25, -0.2) is 0 Å². The van der Waals surface area contributed by atoms with E-state index in [0.29, 0.717) is 5.52 Å². The molecule has 172 valence electrons. The highest BCUT2D eigenvalue weighted by Crippen LogP contribution is 2.34. The number of para-hydroxylation sites is 1. The first-order chi connectivity index (χ1) is 15.6. The van der Waals surface area contributed by atoms with E-state index in [1.54, 1.807) is 42.9 Å². The summed E-state index contributed by atoms with van der Waals surface area (Å²) in [7, 11) is 0. The molecule has 2 unspecified atom stereocenters. The van der Waals surface area contributed by atoms with Gasteiger partial charge in [0.1, 0.15) is 5.02 Å². The zero-order chi connectivity index (χ0) is 23.8. The number of nitrogens with zero attached hydrogens (tertiary/aromatic N) is 2. The summed E-state index contributed by atoms with van der Waals surface area (Å²) in [6.07, 6.45) is 0.175. The van der Waals surface area contributed by atoms with Gasteiger partial charge in [-0.15, -0.1) is 4.72 Å². The zero-order valence-electron chi connectivity index (χ0n) is 16.8. The summed E-state index contributed by atoms with van der Waals surface area (Å²) >= 11 is 9.56. The van der Waals surface area contributed by atoms with Gasteiger partial charge in [-0.1, -0.05) is 41.4 Å². The van der Waals surface area contributed by atoms with E-state index in [4.69, 9.17) is 28.9 Å². The molecule has 5 nitrogen and oxygen atoms in total. The zero-order valence-corrected chi connectivity index (χ0v) is 19.1. The Kier molecular flexibility index (Phi) is 6.78. The minimum Gasteiger partial charge on any atom is -0.593 e. The molecule has 0 saturated heterocycles. The fraction of sp³-hybridized carbons (Fsp3) is 0.136. The van der Waals surface area contributed by atoms with Crippen LogP contribution >= 0.6 is 23.2 Å². The van der Waals surface area contributed by atoms with Crippen LogP contribution in [0.2, 0.25) is 10.0 Å². The van der Waals surface area contributed by atoms with E-state index in [-0.39, 0.29) is 20.6 Å². The molecule has 0 spiro atoms. The number of fused-ring (bicyclic) bond motifs is 1. The maximum Gasteiger partial charge on any atom is 0.409 e. The van der Waals surface area contributed by atoms with Gasteiger partial charge in [0.05, 0.1) is 23.6 Å². The van der Waals surface area contributed by atoms with Gasteiger partial charge in [-0.2, -0.15) is 13.2 Å². The molecule has 2 aromatic carbocycles. The van der Waals surface area contributed by atoms with Crippen LogP contribution in [-0.2, 0) is 17.9 Å². The van der Waals surface area contributed by atoms with Crippen molar-refractivity contribution in [2.24, 2.45) is 0 Å². The van der Waals surface area contributed by atoms with E-state index in [1.165, 1.54) is 16.7 Å². The minimum atomic E-state index is -4.70. The average molecular weight is 513 g/mol. The first-order valence-corrected chi connectivity index (χ1v) is 11.5. The van der Waals surface area contributed by atoms with Gasteiger partial charge in [0.2, 0.25) is 4.90 Å². The maximum absolute atomic E-state index is 14.0. The third-order valence-corrected chi connectivity index (χ3v) is 6.98. The molecule has 0 saturated carbocycles. The highest BCUT2D eigenvalue weighted by Gasteiger charge is 2.44. The molecule has 3 N–H and O–H groups in total. The number of hydrogen-bond donors (Lipinski definition) is 2. The smallest absolute Gasteiger partial charge is 0.409 e. The molecule has 0 aliphatic heterocycles. The highest BCUT2D eigenvalue weighted by molar-refractivity contribution is 7.89. The molecule has 0 radical (unpaired) electrons. The van der Waals surface area contributed by atoms with Gasteiger partial charge in [0, 0.05) is 40.1 Å². The van der Waals surface area contributed by atoms with Crippen molar-refractivity contribution in [3.05, 3.63) is 77.2 Å².